The van der Waals surface area contributed by atoms with Crippen LogP contribution in [0.1, 0.15) is 25.5 Å². The third kappa shape index (κ3) is 3.32. The van der Waals surface area contributed by atoms with Crippen LogP contribution in [0.15, 0.2) is 48.5 Å². The quantitative estimate of drug-likeness (QED) is 0.476. The number of hydrogen-bond acceptors (Lipinski definition) is 3. The molecule has 154 valence electrons. The first-order valence-electron chi connectivity index (χ1n) is 9.62. The lowest BCUT2D eigenvalue weighted by Crippen LogP contribution is -2.17. The highest BCUT2D eigenvalue weighted by molar-refractivity contribution is 5.85. The maximum Gasteiger partial charge on any atom is 0.573 e. The Labute approximate surface area is 170 Å². The molecule has 1 fully saturated rings. The summed E-state index contributed by atoms with van der Waals surface area (Å²) in [4.78, 5) is 7.93. The summed E-state index contributed by atoms with van der Waals surface area (Å²) in [6, 6.07) is 13.5. The highest BCUT2D eigenvalue weighted by Crippen LogP contribution is 2.47. The van der Waals surface area contributed by atoms with Crippen LogP contribution in [0.4, 0.5) is 13.2 Å². The maximum atomic E-state index is 12.8. The molecule has 1 saturated carbocycles. The first-order chi connectivity index (χ1) is 14.2. The van der Waals surface area contributed by atoms with Gasteiger partial charge in [0.2, 0.25) is 0 Å². The second-order valence-electron chi connectivity index (χ2n) is 7.96. The molecule has 5 nitrogen and oxygen atoms in total. The Morgan fingerprint density at radius 3 is 2.60 bits per heavy atom. The predicted molar refractivity (Wildman–Crippen MR) is 107 cm³/mol. The molecule has 8 heteroatoms. The Bertz CT molecular complexity index is 1250. The zero-order valence-electron chi connectivity index (χ0n) is 16.4. The first kappa shape index (κ1) is 18.7. The monoisotopic (exact) mass is 412 g/mol. The van der Waals surface area contributed by atoms with E-state index in [1.165, 1.54) is 12.1 Å². The highest BCUT2D eigenvalue weighted by atomic mass is 19.4. The van der Waals surface area contributed by atoms with Crippen molar-refractivity contribution in [2.75, 3.05) is 0 Å². The van der Waals surface area contributed by atoms with Crippen LogP contribution in [0.2, 0.25) is 0 Å². The molecular formula is C22H19F3N4O. The summed E-state index contributed by atoms with van der Waals surface area (Å²) in [5.41, 5.74) is 4.49. The van der Waals surface area contributed by atoms with Gasteiger partial charge in [0.15, 0.2) is 5.82 Å². The lowest BCUT2D eigenvalue weighted by atomic mass is 10.0. The molecule has 5 rings (SSSR count). The average molecular weight is 412 g/mol. The highest BCUT2D eigenvalue weighted by Gasteiger charge is 2.41. The van der Waals surface area contributed by atoms with Gasteiger partial charge in [0.05, 0.1) is 16.7 Å². The molecule has 0 atom stereocenters. The fourth-order valence-corrected chi connectivity index (χ4v) is 3.64. The number of nitrogens with zero attached hydrogens (tertiary/aromatic N) is 3. The number of rotatable bonds is 4. The number of aryl methyl sites for hydroxylation is 1. The van der Waals surface area contributed by atoms with Crippen molar-refractivity contribution in [3.63, 3.8) is 0 Å². The molecule has 2 heterocycles. The fourth-order valence-electron chi connectivity index (χ4n) is 3.64. The molecule has 4 aromatic rings. The van der Waals surface area contributed by atoms with E-state index in [0.717, 1.165) is 35.3 Å². The molecule has 0 saturated heterocycles. The van der Waals surface area contributed by atoms with Crippen LogP contribution in [0.5, 0.6) is 5.75 Å². The van der Waals surface area contributed by atoms with Gasteiger partial charge in [-0.3, -0.25) is 4.68 Å². The Hall–Kier alpha value is -3.29. The van der Waals surface area contributed by atoms with Crippen LogP contribution in [0.25, 0.3) is 33.7 Å². The summed E-state index contributed by atoms with van der Waals surface area (Å²) in [6.45, 7) is 2.20. The van der Waals surface area contributed by atoms with Crippen molar-refractivity contribution < 1.29 is 17.9 Å². The minimum absolute atomic E-state index is 0.150. The predicted octanol–water partition coefficient (Wildman–Crippen LogP) is 5.58. The molecule has 2 aromatic heterocycles. The number of aromatic amines is 1. The summed E-state index contributed by atoms with van der Waals surface area (Å²) in [7, 11) is 1.88. The summed E-state index contributed by atoms with van der Waals surface area (Å²) in [5, 5.41) is 4.64. The molecule has 0 unspecified atom stereocenters. The van der Waals surface area contributed by atoms with Crippen molar-refractivity contribution in [2.24, 2.45) is 7.05 Å². The van der Waals surface area contributed by atoms with Gasteiger partial charge < -0.3 is 9.72 Å². The van der Waals surface area contributed by atoms with Crippen molar-refractivity contribution in [1.82, 2.24) is 19.7 Å². The molecule has 30 heavy (non-hydrogen) atoms. The van der Waals surface area contributed by atoms with E-state index < -0.39 is 6.36 Å². The summed E-state index contributed by atoms with van der Waals surface area (Å²) in [5.74, 6) is 0.436. The minimum atomic E-state index is -4.75. The van der Waals surface area contributed by atoms with Crippen molar-refractivity contribution in [3.8, 4) is 28.4 Å². The van der Waals surface area contributed by atoms with E-state index in [0.29, 0.717) is 17.0 Å². The van der Waals surface area contributed by atoms with Crippen LogP contribution in [0, 0.1) is 0 Å². The summed E-state index contributed by atoms with van der Waals surface area (Å²) >= 11 is 0. The number of hydrogen-bond donors (Lipinski definition) is 1. The third-order valence-corrected chi connectivity index (χ3v) is 5.65. The van der Waals surface area contributed by atoms with E-state index in [2.05, 4.69) is 32.8 Å². The molecule has 0 bridgehead atoms. The van der Waals surface area contributed by atoms with Gasteiger partial charge in [0.25, 0.3) is 0 Å². The second kappa shape index (κ2) is 6.35. The Balaban J connectivity index is 1.54. The van der Waals surface area contributed by atoms with Crippen molar-refractivity contribution in [1.29, 1.82) is 0 Å². The molecule has 1 aliphatic carbocycles. The SMILES string of the molecule is Cn1nc(C2(C)CC2)cc1-c1nc2ccc(-c3ccccc3OC(F)(F)F)cc2[nH]1. The maximum absolute atomic E-state index is 12.8. The minimum Gasteiger partial charge on any atom is -0.405 e. The number of alkyl halides is 3. The smallest absolute Gasteiger partial charge is 0.405 e. The number of halogens is 3. The molecule has 0 radical (unpaired) electrons. The standard InChI is InChI=1S/C22H19F3N4O/c1-21(9-10-21)19-12-17(29(2)28-19)20-26-15-8-7-13(11-16(15)27-20)14-5-3-4-6-18(14)30-22(23,24)25/h3-8,11-12H,9-10H2,1-2H3,(H,26,27). The van der Waals surface area contributed by atoms with Crippen LogP contribution >= 0.6 is 0 Å². The Kier molecular flexibility index (Phi) is 3.96. The van der Waals surface area contributed by atoms with E-state index >= 15 is 0 Å². The number of H-pyrrole nitrogens is 1. The topological polar surface area (TPSA) is 55.7 Å². The van der Waals surface area contributed by atoms with Crippen molar-refractivity contribution in [3.05, 3.63) is 54.2 Å². The number of ether oxygens (including phenoxy) is 1. The van der Waals surface area contributed by atoms with Crippen LogP contribution in [-0.4, -0.2) is 26.1 Å². The van der Waals surface area contributed by atoms with Gasteiger partial charge in [0, 0.05) is 18.0 Å². The van der Waals surface area contributed by atoms with E-state index in [4.69, 9.17) is 0 Å². The molecule has 0 spiro atoms. The second-order valence-corrected chi connectivity index (χ2v) is 7.96. The van der Waals surface area contributed by atoms with Gasteiger partial charge in [-0.2, -0.15) is 5.10 Å². The Morgan fingerprint density at radius 2 is 1.87 bits per heavy atom. The molecular weight excluding hydrogens is 393 g/mol. The van der Waals surface area contributed by atoms with Gasteiger partial charge >= 0.3 is 6.36 Å². The lowest BCUT2D eigenvalue weighted by Gasteiger charge is -2.13. The number of nitrogens with one attached hydrogen (secondary N) is 1. The van der Waals surface area contributed by atoms with Gasteiger partial charge in [-0.05, 0) is 42.7 Å². The van der Waals surface area contributed by atoms with Crippen molar-refractivity contribution in [2.45, 2.75) is 31.5 Å². The zero-order valence-corrected chi connectivity index (χ0v) is 16.4. The molecule has 1 N–H and O–H groups in total. The normalized spacial score (nSPS) is 15.5. The van der Waals surface area contributed by atoms with Crippen LogP contribution in [-0.2, 0) is 12.5 Å². The van der Waals surface area contributed by atoms with E-state index in [1.54, 1.807) is 30.3 Å². The van der Waals surface area contributed by atoms with Gasteiger partial charge in [-0.1, -0.05) is 31.2 Å². The third-order valence-electron chi connectivity index (χ3n) is 5.65. The number of benzene rings is 2. The number of fused-ring (bicyclic) bond motifs is 1. The fraction of sp³-hybridized carbons (Fsp3) is 0.273. The van der Waals surface area contributed by atoms with E-state index in [-0.39, 0.29) is 11.2 Å². The number of para-hydroxylation sites is 1. The lowest BCUT2D eigenvalue weighted by molar-refractivity contribution is -0.274. The van der Waals surface area contributed by atoms with Gasteiger partial charge in [-0.25, -0.2) is 4.98 Å². The zero-order chi connectivity index (χ0) is 21.1. The van der Waals surface area contributed by atoms with Gasteiger partial charge in [0.1, 0.15) is 11.4 Å². The van der Waals surface area contributed by atoms with Crippen LogP contribution in [0.3, 0.4) is 0 Å². The molecule has 1 aliphatic rings. The molecule has 0 amide bonds. The van der Waals surface area contributed by atoms with Crippen molar-refractivity contribution >= 4 is 11.0 Å². The largest absolute Gasteiger partial charge is 0.573 e. The first-order valence-corrected chi connectivity index (χ1v) is 9.62. The van der Waals surface area contributed by atoms with E-state index in [9.17, 15) is 13.2 Å². The summed E-state index contributed by atoms with van der Waals surface area (Å²) < 4.78 is 44.3. The van der Waals surface area contributed by atoms with E-state index in [1.807, 2.05) is 11.7 Å². The number of imidazole rings is 1. The molecule has 0 aliphatic heterocycles. The van der Waals surface area contributed by atoms with Crippen LogP contribution < -0.4 is 4.74 Å². The molecule has 2 aromatic carbocycles. The summed E-state index contributed by atoms with van der Waals surface area (Å²) in [6.07, 6.45) is -2.49. The average Bonchev–Trinajstić information content (AvgIpc) is 3.11. The number of aromatic nitrogens is 4. The van der Waals surface area contributed by atoms with Gasteiger partial charge in [-0.15, -0.1) is 13.2 Å². The Morgan fingerprint density at radius 1 is 1.10 bits per heavy atom.